The third kappa shape index (κ3) is 2.09. The van der Waals surface area contributed by atoms with Crippen LogP contribution in [-0.2, 0) is 0 Å². The van der Waals surface area contributed by atoms with E-state index in [-0.39, 0.29) is 0 Å². The second-order valence-corrected chi connectivity index (χ2v) is 5.28. The van der Waals surface area contributed by atoms with Crippen LogP contribution in [0.2, 0.25) is 0 Å². The lowest BCUT2D eigenvalue weighted by Crippen LogP contribution is -1.98. The number of benzene rings is 2. The fourth-order valence-electron chi connectivity index (χ4n) is 2.21. The van der Waals surface area contributed by atoms with E-state index in [0.717, 1.165) is 27.3 Å². The third-order valence-corrected chi connectivity index (χ3v) is 4.03. The zero-order valence-corrected chi connectivity index (χ0v) is 11.2. The molecule has 3 rings (SSSR count). The molecule has 0 fully saturated rings. The Bertz CT molecular complexity index is 688. The molecule has 2 nitrogen and oxygen atoms in total. The molecule has 0 aliphatic rings. The Morgan fingerprint density at radius 3 is 2.26 bits per heavy atom. The molecule has 0 aliphatic heterocycles. The maximum Gasteiger partial charge on any atom is 0.0502 e. The van der Waals surface area contributed by atoms with Gasteiger partial charge in [-0.1, -0.05) is 36.4 Å². The van der Waals surface area contributed by atoms with E-state index in [2.05, 4.69) is 6.07 Å². The van der Waals surface area contributed by atoms with Crippen LogP contribution in [0, 0.1) is 0 Å². The lowest BCUT2D eigenvalue weighted by atomic mass is 9.98. The van der Waals surface area contributed by atoms with Crippen LogP contribution in [0.1, 0.15) is 0 Å². The van der Waals surface area contributed by atoms with Crippen molar-refractivity contribution in [2.24, 2.45) is 0 Å². The van der Waals surface area contributed by atoms with Gasteiger partial charge in [0.05, 0.1) is 5.69 Å². The molecule has 1 heterocycles. The molecule has 3 aromatic rings. The van der Waals surface area contributed by atoms with Crippen LogP contribution < -0.4 is 11.5 Å². The van der Waals surface area contributed by atoms with E-state index in [0.29, 0.717) is 5.69 Å². The summed E-state index contributed by atoms with van der Waals surface area (Å²) < 4.78 is 0. The van der Waals surface area contributed by atoms with Crippen LogP contribution >= 0.6 is 11.3 Å². The monoisotopic (exact) mass is 266 g/mol. The minimum absolute atomic E-state index is 0.712. The number of rotatable bonds is 2. The second-order valence-electron chi connectivity index (χ2n) is 4.33. The number of thiophene rings is 1. The topological polar surface area (TPSA) is 52.0 Å². The minimum Gasteiger partial charge on any atom is -0.398 e. The molecule has 19 heavy (non-hydrogen) atoms. The highest BCUT2D eigenvalue weighted by molar-refractivity contribution is 7.13. The Labute approximate surface area is 116 Å². The summed E-state index contributed by atoms with van der Waals surface area (Å²) in [5.41, 5.74) is 16.9. The summed E-state index contributed by atoms with van der Waals surface area (Å²) in [7, 11) is 0. The summed E-state index contributed by atoms with van der Waals surface area (Å²) in [6.07, 6.45) is 0. The molecule has 0 spiro atoms. The summed E-state index contributed by atoms with van der Waals surface area (Å²) >= 11 is 1.68. The number of nitrogens with two attached hydrogens (primary N) is 2. The zero-order chi connectivity index (χ0) is 13.2. The van der Waals surface area contributed by atoms with Gasteiger partial charge in [0.15, 0.2) is 0 Å². The number of nitrogen functional groups attached to an aromatic ring is 2. The molecule has 3 heteroatoms. The van der Waals surface area contributed by atoms with Gasteiger partial charge in [-0.25, -0.2) is 0 Å². The van der Waals surface area contributed by atoms with Gasteiger partial charge in [-0.3, -0.25) is 0 Å². The Morgan fingerprint density at radius 2 is 1.58 bits per heavy atom. The first-order chi connectivity index (χ1) is 9.27. The Morgan fingerprint density at radius 1 is 0.789 bits per heavy atom. The molecule has 0 bridgehead atoms. The fraction of sp³-hybridized carbons (Fsp3) is 0. The van der Waals surface area contributed by atoms with Crippen LogP contribution in [0.3, 0.4) is 0 Å². The van der Waals surface area contributed by atoms with Gasteiger partial charge in [0.1, 0.15) is 0 Å². The van der Waals surface area contributed by atoms with Crippen LogP contribution in [-0.4, -0.2) is 0 Å². The Hall–Kier alpha value is -2.26. The van der Waals surface area contributed by atoms with Crippen molar-refractivity contribution in [3.8, 4) is 21.6 Å². The summed E-state index contributed by atoms with van der Waals surface area (Å²) in [6.45, 7) is 0. The van der Waals surface area contributed by atoms with Crippen LogP contribution in [0.25, 0.3) is 21.6 Å². The van der Waals surface area contributed by atoms with Crippen molar-refractivity contribution >= 4 is 22.7 Å². The molecule has 94 valence electrons. The van der Waals surface area contributed by atoms with Crippen molar-refractivity contribution in [2.75, 3.05) is 11.5 Å². The molecule has 0 atom stereocenters. The quantitative estimate of drug-likeness (QED) is 0.681. The molecule has 1 aromatic heterocycles. The maximum atomic E-state index is 6.33. The van der Waals surface area contributed by atoms with Crippen molar-refractivity contribution < 1.29 is 0 Å². The minimum atomic E-state index is 0.712. The SMILES string of the molecule is Nc1ccc(-c2cccs2)c(N)c1-c1ccccc1. The predicted molar refractivity (Wildman–Crippen MR) is 84.0 cm³/mol. The lowest BCUT2D eigenvalue weighted by molar-refractivity contribution is 1.60. The second kappa shape index (κ2) is 4.78. The van der Waals surface area contributed by atoms with Gasteiger partial charge in [-0.15, -0.1) is 11.3 Å². The van der Waals surface area contributed by atoms with Gasteiger partial charge >= 0.3 is 0 Å². The normalized spacial score (nSPS) is 10.5. The predicted octanol–water partition coefficient (Wildman–Crippen LogP) is 4.25. The van der Waals surface area contributed by atoms with Gasteiger partial charge in [-0.2, -0.15) is 0 Å². The van der Waals surface area contributed by atoms with E-state index in [1.54, 1.807) is 11.3 Å². The smallest absolute Gasteiger partial charge is 0.0502 e. The van der Waals surface area contributed by atoms with Gasteiger partial charge in [0.25, 0.3) is 0 Å². The maximum absolute atomic E-state index is 6.33. The zero-order valence-electron chi connectivity index (χ0n) is 10.3. The van der Waals surface area contributed by atoms with Gasteiger partial charge < -0.3 is 11.5 Å². The highest BCUT2D eigenvalue weighted by atomic mass is 32.1. The van der Waals surface area contributed by atoms with E-state index in [9.17, 15) is 0 Å². The number of anilines is 2. The van der Waals surface area contributed by atoms with E-state index < -0.39 is 0 Å². The largest absolute Gasteiger partial charge is 0.398 e. The molecular formula is C16H14N2S. The van der Waals surface area contributed by atoms with E-state index in [1.807, 2.05) is 53.9 Å². The molecular weight excluding hydrogens is 252 g/mol. The molecule has 2 aromatic carbocycles. The molecule has 0 unspecified atom stereocenters. The highest BCUT2D eigenvalue weighted by Gasteiger charge is 2.12. The van der Waals surface area contributed by atoms with Gasteiger partial charge in [0.2, 0.25) is 0 Å². The first kappa shape index (κ1) is 11.8. The van der Waals surface area contributed by atoms with Crippen molar-refractivity contribution in [3.05, 3.63) is 60.0 Å². The van der Waals surface area contributed by atoms with Crippen LogP contribution in [0.4, 0.5) is 11.4 Å². The Balaban J connectivity index is 2.23. The van der Waals surface area contributed by atoms with Crippen molar-refractivity contribution in [3.63, 3.8) is 0 Å². The van der Waals surface area contributed by atoms with E-state index in [4.69, 9.17) is 11.5 Å². The van der Waals surface area contributed by atoms with Gasteiger partial charge in [-0.05, 0) is 29.1 Å². The van der Waals surface area contributed by atoms with E-state index >= 15 is 0 Å². The number of hydrogen-bond donors (Lipinski definition) is 2. The van der Waals surface area contributed by atoms with E-state index in [1.165, 1.54) is 0 Å². The van der Waals surface area contributed by atoms with Crippen LogP contribution in [0.5, 0.6) is 0 Å². The van der Waals surface area contributed by atoms with Crippen molar-refractivity contribution in [1.29, 1.82) is 0 Å². The van der Waals surface area contributed by atoms with Crippen molar-refractivity contribution in [2.45, 2.75) is 0 Å². The van der Waals surface area contributed by atoms with Crippen LogP contribution in [0.15, 0.2) is 60.0 Å². The molecule has 0 saturated carbocycles. The van der Waals surface area contributed by atoms with Gasteiger partial charge in [0, 0.05) is 21.7 Å². The highest BCUT2D eigenvalue weighted by Crippen LogP contribution is 2.39. The standard InChI is InChI=1S/C16H14N2S/c17-13-9-8-12(14-7-4-10-19-14)16(18)15(13)11-5-2-1-3-6-11/h1-10H,17-18H2. The summed E-state index contributed by atoms with van der Waals surface area (Å²) in [5.74, 6) is 0. The molecule has 4 N–H and O–H groups in total. The average molecular weight is 266 g/mol. The Kier molecular flexibility index (Phi) is 2.97. The molecule has 0 radical (unpaired) electrons. The average Bonchev–Trinajstić information content (AvgIpc) is 2.94. The summed E-state index contributed by atoms with van der Waals surface area (Å²) in [4.78, 5) is 1.16. The first-order valence-electron chi connectivity index (χ1n) is 6.04. The first-order valence-corrected chi connectivity index (χ1v) is 6.92. The lowest BCUT2D eigenvalue weighted by Gasteiger charge is -2.13. The third-order valence-electron chi connectivity index (χ3n) is 3.13. The summed E-state index contributed by atoms with van der Waals surface area (Å²) in [6, 6.07) is 18.0. The fourth-order valence-corrected chi connectivity index (χ4v) is 2.98. The van der Waals surface area contributed by atoms with Crippen molar-refractivity contribution in [1.82, 2.24) is 0 Å². The molecule has 0 saturated heterocycles. The summed E-state index contributed by atoms with van der Waals surface area (Å²) in [5, 5.41) is 2.05. The number of hydrogen-bond acceptors (Lipinski definition) is 3. The molecule has 0 amide bonds. The molecule has 0 aliphatic carbocycles.